The predicted octanol–water partition coefficient (Wildman–Crippen LogP) is 9.77. The van der Waals surface area contributed by atoms with Crippen molar-refractivity contribution in [1.82, 2.24) is 0 Å². The van der Waals surface area contributed by atoms with E-state index in [2.05, 4.69) is 38.1 Å². The van der Waals surface area contributed by atoms with Crippen LogP contribution in [0.15, 0.2) is 42.5 Å². The molecule has 182 valence electrons. The molecule has 0 heterocycles. The minimum absolute atomic E-state index is 0.252. The van der Waals surface area contributed by atoms with E-state index in [1.165, 1.54) is 82.6 Å². The Hall–Kier alpha value is -1.83. The highest BCUT2D eigenvalue weighted by Crippen LogP contribution is 2.33. The second-order valence-electron chi connectivity index (χ2n) is 10.2. The SMILES string of the molecule is CCCCCCCCCC1CCC(COc2ccc(-c3ccc(CCC)cc3)cc2F)CC1. The van der Waals surface area contributed by atoms with E-state index in [1.54, 1.807) is 12.1 Å². The Kier molecular flexibility index (Phi) is 11.3. The quantitative estimate of drug-likeness (QED) is 0.259. The van der Waals surface area contributed by atoms with Crippen LogP contribution in [0.5, 0.6) is 5.75 Å². The fourth-order valence-electron chi connectivity index (χ4n) is 5.23. The van der Waals surface area contributed by atoms with Gasteiger partial charge in [-0.15, -0.1) is 0 Å². The van der Waals surface area contributed by atoms with E-state index in [4.69, 9.17) is 4.74 Å². The summed E-state index contributed by atoms with van der Waals surface area (Å²) in [7, 11) is 0. The van der Waals surface area contributed by atoms with Crippen molar-refractivity contribution >= 4 is 0 Å². The highest BCUT2D eigenvalue weighted by molar-refractivity contribution is 5.64. The molecule has 2 heteroatoms. The van der Waals surface area contributed by atoms with Gasteiger partial charge in [-0.1, -0.05) is 115 Å². The Bertz CT molecular complexity index is 789. The molecule has 0 aliphatic heterocycles. The van der Waals surface area contributed by atoms with Gasteiger partial charge in [0.15, 0.2) is 11.6 Å². The maximum absolute atomic E-state index is 14.7. The van der Waals surface area contributed by atoms with Crippen LogP contribution in [0, 0.1) is 17.7 Å². The standard InChI is InChI=1S/C31H45FO/c1-3-5-6-7-8-9-10-12-26-13-15-27(16-14-26)24-33-31-22-21-29(23-30(31)32)28-19-17-25(11-4-2)18-20-28/h17-23,26-27H,3-16,24H2,1-2H3. The Morgan fingerprint density at radius 2 is 1.36 bits per heavy atom. The van der Waals surface area contributed by atoms with Crippen LogP contribution >= 0.6 is 0 Å². The summed E-state index contributed by atoms with van der Waals surface area (Å²) in [5.41, 5.74) is 3.30. The summed E-state index contributed by atoms with van der Waals surface area (Å²) in [5.74, 6) is 1.61. The number of benzene rings is 2. The van der Waals surface area contributed by atoms with Gasteiger partial charge >= 0.3 is 0 Å². The zero-order chi connectivity index (χ0) is 23.3. The lowest BCUT2D eigenvalue weighted by Gasteiger charge is -2.28. The first-order chi connectivity index (χ1) is 16.2. The predicted molar refractivity (Wildman–Crippen MR) is 139 cm³/mol. The van der Waals surface area contributed by atoms with E-state index in [1.807, 2.05) is 6.07 Å². The molecule has 0 radical (unpaired) electrons. The van der Waals surface area contributed by atoms with Gasteiger partial charge in [0.1, 0.15) is 0 Å². The van der Waals surface area contributed by atoms with Crippen LogP contribution in [-0.4, -0.2) is 6.61 Å². The van der Waals surface area contributed by atoms with Crippen molar-refractivity contribution in [2.45, 2.75) is 104 Å². The fraction of sp³-hybridized carbons (Fsp3) is 0.613. The lowest BCUT2D eigenvalue weighted by atomic mass is 9.80. The van der Waals surface area contributed by atoms with Crippen LogP contribution in [0.1, 0.15) is 103 Å². The van der Waals surface area contributed by atoms with Crippen LogP contribution in [0.3, 0.4) is 0 Å². The molecule has 0 unspecified atom stereocenters. The second kappa shape index (κ2) is 14.4. The van der Waals surface area contributed by atoms with Crippen molar-refractivity contribution in [2.75, 3.05) is 6.61 Å². The second-order valence-corrected chi connectivity index (χ2v) is 10.2. The van der Waals surface area contributed by atoms with Gasteiger partial charge in [-0.25, -0.2) is 4.39 Å². The summed E-state index contributed by atoms with van der Waals surface area (Å²) in [4.78, 5) is 0. The van der Waals surface area contributed by atoms with Gasteiger partial charge in [0.05, 0.1) is 6.61 Å². The van der Waals surface area contributed by atoms with Gasteiger partial charge in [0.25, 0.3) is 0 Å². The summed E-state index contributed by atoms with van der Waals surface area (Å²) in [6.07, 6.45) is 18.5. The van der Waals surface area contributed by atoms with Gasteiger partial charge in [0, 0.05) is 0 Å². The number of ether oxygens (including phenoxy) is 1. The lowest BCUT2D eigenvalue weighted by molar-refractivity contribution is 0.173. The van der Waals surface area contributed by atoms with Crippen molar-refractivity contribution in [3.63, 3.8) is 0 Å². The molecule has 33 heavy (non-hydrogen) atoms. The zero-order valence-corrected chi connectivity index (χ0v) is 21.1. The van der Waals surface area contributed by atoms with Crippen molar-refractivity contribution in [2.24, 2.45) is 11.8 Å². The summed E-state index contributed by atoms with van der Waals surface area (Å²) < 4.78 is 20.6. The smallest absolute Gasteiger partial charge is 0.165 e. The van der Waals surface area contributed by atoms with Gasteiger partial charge in [-0.05, 0) is 59.9 Å². The molecule has 0 aromatic heterocycles. The molecular formula is C31H45FO. The number of hydrogen-bond donors (Lipinski definition) is 0. The molecule has 0 saturated heterocycles. The first-order valence-corrected chi connectivity index (χ1v) is 13.7. The molecule has 1 fully saturated rings. The van der Waals surface area contributed by atoms with Crippen LogP contribution in [0.2, 0.25) is 0 Å². The van der Waals surface area contributed by atoms with E-state index in [0.717, 1.165) is 29.9 Å². The van der Waals surface area contributed by atoms with E-state index >= 15 is 0 Å². The molecule has 2 aromatic carbocycles. The Balaban J connectivity index is 1.36. The fourth-order valence-corrected chi connectivity index (χ4v) is 5.23. The average Bonchev–Trinajstić information content (AvgIpc) is 2.84. The summed E-state index contributed by atoms with van der Waals surface area (Å²) in [6, 6.07) is 13.9. The lowest BCUT2D eigenvalue weighted by Crippen LogP contribution is -2.20. The number of rotatable bonds is 14. The maximum atomic E-state index is 14.7. The molecule has 0 bridgehead atoms. The number of aryl methyl sites for hydroxylation is 1. The molecule has 2 aromatic rings. The van der Waals surface area contributed by atoms with Gasteiger partial charge in [-0.2, -0.15) is 0 Å². The molecule has 1 aliphatic carbocycles. The van der Waals surface area contributed by atoms with Crippen LogP contribution in [-0.2, 0) is 6.42 Å². The average molecular weight is 453 g/mol. The zero-order valence-electron chi connectivity index (χ0n) is 21.1. The van der Waals surface area contributed by atoms with Gasteiger partial charge < -0.3 is 4.74 Å². The highest BCUT2D eigenvalue weighted by Gasteiger charge is 2.21. The van der Waals surface area contributed by atoms with Crippen LogP contribution in [0.25, 0.3) is 11.1 Å². The Morgan fingerprint density at radius 1 is 0.727 bits per heavy atom. The minimum Gasteiger partial charge on any atom is -0.490 e. The molecule has 0 spiro atoms. The third kappa shape index (κ3) is 8.80. The van der Waals surface area contributed by atoms with Gasteiger partial charge in [-0.3, -0.25) is 0 Å². The minimum atomic E-state index is -0.252. The molecule has 1 nitrogen and oxygen atoms in total. The van der Waals surface area contributed by atoms with Crippen molar-refractivity contribution in [1.29, 1.82) is 0 Å². The molecule has 0 amide bonds. The first-order valence-electron chi connectivity index (χ1n) is 13.7. The first kappa shape index (κ1) is 25.8. The molecule has 1 aliphatic rings. The molecular weight excluding hydrogens is 407 g/mol. The van der Waals surface area contributed by atoms with Gasteiger partial charge in [0.2, 0.25) is 0 Å². The summed E-state index contributed by atoms with van der Waals surface area (Å²) in [5, 5.41) is 0. The largest absolute Gasteiger partial charge is 0.490 e. The van der Waals surface area contributed by atoms with E-state index in [0.29, 0.717) is 18.3 Å². The topological polar surface area (TPSA) is 9.23 Å². The third-order valence-electron chi connectivity index (χ3n) is 7.41. The summed E-state index contributed by atoms with van der Waals surface area (Å²) >= 11 is 0. The van der Waals surface area contributed by atoms with Crippen LogP contribution in [0.4, 0.5) is 4.39 Å². The van der Waals surface area contributed by atoms with E-state index in [-0.39, 0.29) is 5.82 Å². The molecule has 3 rings (SSSR count). The van der Waals surface area contributed by atoms with Crippen molar-refractivity contribution < 1.29 is 9.13 Å². The highest BCUT2D eigenvalue weighted by atomic mass is 19.1. The van der Waals surface area contributed by atoms with Crippen molar-refractivity contribution in [3.8, 4) is 16.9 Å². The monoisotopic (exact) mass is 452 g/mol. The molecule has 0 atom stereocenters. The van der Waals surface area contributed by atoms with E-state index < -0.39 is 0 Å². The van der Waals surface area contributed by atoms with E-state index in [9.17, 15) is 4.39 Å². The molecule has 1 saturated carbocycles. The Labute approximate surface area is 202 Å². The Morgan fingerprint density at radius 3 is 2.03 bits per heavy atom. The maximum Gasteiger partial charge on any atom is 0.165 e. The summed E-state index contributed by atoms with van der Waals surface area (Å²) in [6.45, 7) is 5.11. The number of unbranched alkanes of at least 4 members (excludes halogenated alkanes) is 6. The number of hydrogen-bond acceptors (Lipinski definition) is 1. The number of halogens is 1. The molecule has 0 N–H and O–H groups in total. The van der Waals surface area contributed by atoms with Crippen molar-refractivity contribution in [3.05, 3.63) is 53.8 Å². The third-order valence-corrected chi connectivity index (χ3v) is 7.41. The van der Waals surface area contributed by atoms with Crippen LogP contribution < -0.4 is 4.74 Å². The normalized spacial score (nSPS) is 18.4.